The average Bonchev–Trinajstić information content (AvgIpc) is 4.07. The van der Waals surface area contributed by atoms with Crippen molar-refractivity contribution in [2.45, 2.75) is 53.9 Å². The summed E-state index contributed by atoms with van der Waals surface area (Å²) >= 11 is 0. The molecular weight excluding hydrogens is 851 g/mol. The molecule has 0 atom stereocenters. The van der Waals surface area contributed by atoms with E-state index in [4.69, 9.17) is 25.9 Å². The monoisotopic (exact) mass is 903 g/mol. The lowest BCUT2D eigenvalue weighted by Crippen LogP contribution is -2.50. The van der Waals surface area contributed by atoms with E-state index in [1.807, 2.05) is 26.0 Å². The van der Waals surface area contributed by atoms with Crippen LogP contribution in [0.1, 0.15) is 66.9 Å². The van der Waals surface area contributed by atoms with Gasteiger partial charge in [-0.3, -0.25) is 39.2 Å². The van der Waals surface area contributed by atoms with Gasteiger partial charge in [-0.15, -0.1) is 0 Å². The lowest BCUT2D eigenvalue weighted by atomic mass is 10.1. The molecule has 22 heteroatoms. The maximum Gasteiger partial charge on any atom is 0.317 e. The molecule has 1 aliphatic heterocycles. The van der Waals surface area contributed by atoms with E-state index in [1.54, 1.807) is 61.5 Å². The number of primary amides is 2. The summed E-state index contributed by atoms with van der Waals surface area (Å²) in [4.78, 5) is 76.1. The first-order valence-electron chi connectivity index (χ1n) is 21.4. The number of fused-ring (bicyclic) bond motifs is 2. The third kappa shape index (κ3) is 10.0. The molecule has 346 valence electrons. The van der Waals surface area contributed by atoms with E-state index < -0.39 is 23.6 Å². The smallest absolute Gasteiger partial charge is 0.317 e. The molecular formula is C44H53N15O7. The van der Waals surface area contributed by atoms with Gasteiger partial charge in [-0.25, -0.2) is 14.8 Å². The Labute approximate surface area is 379 Å². The fraction of sp³-hybridized carbons (Fsp3) is 0.341. The van der Waals surface area contributed by atoms with Crippen LogP contribution in [0.25, 0.3) is 22.1 Å². The van der Waals surface area contributed by atoms with Crippen LogP contribution in [-0.4, -0.2) is 120 Å². The highest BCUT2D eigenvalue weighted by molar-refractivity contribution is 6.05. The fourth-order valence-electron chi connectivity index (χ4n) is 7.60. The van der Waals surface area contributed by atoms with Gasteiger partial charge in [0.2, 0.25) is 23.7 Å². The van der Waals surface area contributed by atoms with Crippen LogP contribution in [0.3, 0.4) is 0 Å². The van der Waals surface area contributed by atoms with Gasteiger partial charge in [0, 0.05) is 70.0 Å². The summed E-state index contributed by atoms with van der Waals surface area (Å²) in [6, 6.07) is 9.26. The highest BCUT2D eigenvalue weighted by Crippen LogP contribution is 2.33. The Kier molecular flexibility index (Phi) is 14.1. The number of imidazole rings is 2. The molecule has 1 fully saturated rings. The summed E-state index contributed by atoms with van der Waals surface area (Å²) in [6.07, 6.45) is 7.14. The zero-order valence-corrected chi connectivity index (χ0v) is 37.4. The zero-order chi connectivity index (χ0) is 47.1. The van der Waals surface area contributed by atoms with Crippen molar-refractivity contribution in [3.05, 3.63) is 94.6 Å². The maximum atomic E-state index is 13.8. The molecule has 0 spiro atoms. The van der Waals surface area contributed by atoms with E-state index >= 15 is 0 Å². The van der Waals surface area contributed by atoms with Crippen molar-refractivity contribution in [2.75, 3.05) is 57.1 Å². The van der Waals surface area contributed by atoms with Crippen LogP contribution in [0.2, 0.25) is 0 Å². The third-order valence-corrected chi connectivity index (χ3v) is 10.7. The number of carbonyl (C=O) groups is 5. The number of amides is 6. The van der Waals surface area contributed by atoms with Crippen LogP contribution in [0.15, 0.2) is 60.7 Å². The molecule has 4 aromatic heterocycles. The van der Waals surface area contributed by atoms with Gasteiger partial charge in [0.05, 0.1) is 29.5 Å². The van der Waals surface area contributed by atoms with Gasteiger partial charge in [-0.1, -0.05) is 18.2 Å². The number of aryl methyl sites for hydroxylation is 4. The topological polar surface area (TPSA) is 278 Å². The largest absolute Gasteiger partial charge is 0.494 e. The molecule has 0 saturated carbocycles. The second-order valence-corrected chi connectivity index (χ2v) is 15.3. The van der Waals surface area contributed by atoms with Crippen molar-refractivity contribution in [1.29, 1.82) is 0 Å². The Bertz CT molecular complexity index is 2880. The number of nitrogens with one attached hydrogen (secondary N) is 4. The number of anilines is 2. The molecule has 2 aromatic carbocycles. The Balaban J connectivity index is 1.22. The van der Waals surface area contributed by atoms with E-state index in [2.05, 4.69) is 36.4 Å². The summed E-state index contributed by atoms with van der Waals surface area (Å²) in [5.74, 6) is -1.44. The van der Waals surface area contributed by atoms with Crippen LogP contribution in [0.5, 0.6) is 11.5 Å². The number of hydrogen-bond donors (Lipinski definition) is 6. The Hall–Kier alpha value is -8.01. The Morgan fingerprint density at radius 3 is 1.70 bits per heavy atom. The molecule has 5 heterocycles. The van der Waals surface area contributed by atoms with E-state index in [0.717, 1.165) is 13.1 Å². The quantitative estimate of drug-likeness (QED) is 0.0680. The van der Waals surface area contributed by atoms with Crippen LogP contribution in [0.4, 0.5) is 16.7 Å². The number of ether oxygens (including phenoxy) is 2. The molecule has 0 radical (unpaired) electrons. The van der Waals surface area contributed by atoms with E-state index in [1.165, 1.54) is 31.4 Å². The maximum absolute atomic E-state index is 13.8. The number of nitrogens with zero attached hydrogens (tertiary/aromatic N) is 9. The lowest BCUT2D eigenvalue weighted by Gasteiger charge is -2.27. The van der Waals surface area contributed by atoms with Gasteiger partial charge in [0.1, 0.15) is 40.5 Å². The predicted octanol–water partition coefficient (Wildman–Crippen LogP) is 2.95. The molecule has 0 aliphatic carbocycles. The van der Waals surface area contributed by atoms with Gasteiger partial charge in [0.15, 0.2) is 0 Å². The van der Waals surface area contributed by atoms with Gasteiger partial charge < -0.3 is 45.6 Å². The number of rotatable bonds is 18. The molecule has 66 heavy (non-hydrogen) atoms. The van der Waals surface area contributed by atoms with E-state index in [-0.39, 0.29) is 61.0 Å². The Morgan fingerprint density at radius 2 is 1.21 bits per heavy atom. The second-order valence-electron chi connectivity index (χ2n) is 15.3. The van der Waals surface area contributed by atoms with Crippen molar-refractivity contribution in [1.82, 2.24) is 54.2 Å². The molecule has 1 saturated heterocycles. The van der Waals surface area contributed by atoms with Crippen LogP contribution in [-0.2, 0) is 26.2 Å². The minimum absolute atomic E-state index is 0.0542. The number of carbonyl (C=O) groups excluding carboxylic acids is 5. The third-order valence-electron chi connectivity index (χ3n) is 10.7. The average molecular weight is 904 g/mol. The molecule has 8 N–H and O–H groups in total. The summed E-state index contributed by atoms with van der Waals surface area (Å²) in [7, 11) is 1.45. The first-order chi connectivity index (χ1) is 31.8. The van der Waals surface area contributed by atoms with Crippen molar-refractivity contribution in [3.63, 3.8) is 0 Å². The van der Waals surface area contributed by atoms with E-state index in [9.17, 15) is 24.0 Å². The minimum atomic E-state index is -0.710. The zero-order valence-electron chi connectivity index (χ0n) is 37.4. The normalized spacial score (nSPS) is 13.0. The van der Waals surface area contributed by atoms with Crippen LogP contribution >= 0.6 is 0 Å². The number of benzene rings is 2. The number of urea groups is 1. The molecule has 7 rings (SSSR count). The SMILES string of the molecule is CCn1nc(C)cc1C(=O)Nc1nc2cc(C(N)=O)cc(OC)c2n1C/C=C/Cn1c(NC(=O)c2cc(C)nn2CC)nc2cc(C(N)=O)cc(OC/C=C/CNC(=O)N3CCNCC3)c21. The van der Waals surface area contributed by atoms with Gasteiger partial charge in [-0.2, -0.15) is 10.2 Å². The summed E-state index contributed by atoms with van der Waals surface area (Å²) < 4.78 is 18.6. The van der Waals surface area contributed by atoms with Crippen molar-refractivity contribution < 1.29 is 33.4 Å². The highest BCUT2D eigenvalue weighted by atomic mass is 16.5. The fourth-order valence-corrected chi connectivity index (χ4v) is 7.60. The number of piperazine rings is 1. The highest BCUT2D eigenvalue weighted by Gasteiger charge is 2.24. The standard InChI is InChI=1S/C44H53N15O7/c1-6-58-32(20-26(3)53-58)40(62)51-42-49-30-22-28(38(45)60)24-34(65-5)36(30)56(42)15-9-10-16-57-37-31(50-43(57)52-41(63)33-21-27(4)54-59(33)7-2)23-29(39(46)61)25-35(37)66-19-11-8-12-48-44(64)55-17-13-47-14-18-55/h8-11,20-25,47H,6-7,12-19H2,1-5H3,(H2,45,60)(H2,46,61)(H,48,64)(H,49,51,62)(H,50,52,63)/b10-9+,11-8+. The van der Waals surface area contributed by atoms with Gasteiger partial charge >= 0.3 is 6.03 Å². The minimum Gasteiger partial charge on any atom is -0.494 e. The van der Waals surface area contributed by atoms with Gasteiger partial charge in [-0.05, 0) is 70.2 Å². The lowest BCUT2D eigenvalue weighted by molar-refractivity contribution is 0.0991. The molecule has 22 nitrogen and oxygen atoms in total. The molecule has 6 aromatic rings. The first-order valence-corrected chi connectivity index (χ1v) is 21.4. The summed E-state index contributed by atoms with van der Waals surface area (Å²) in [5, 5.41) is 20.7. The van der Waals surface area contributed by atoms with Gasteiger partial charge in [0.25, 0.3) is 11.8 Å². The summed E-state index contributed by atoms with van der Waals surface area (Å²) in [5.41, 5.74) is 15.3. The molecule has 6 amide bonds. The molecule has 0 unspecified atom stereocenters. The van der Waals surface area contributed by atoms with Crippen LogP contribution in [0, 0.1) is 13.8 Å². The number of aromatic nitrogens is 8. The number of nitrogens with two attached hydrogens (primary N) is 2. The van der Waals surface area contributed by atoms with Crippen LogP contribution < -0.4 is 42.2 Å². The Morgan fingerprint density at radius 1 is 0.712 bits per heavy atom. The summed E-state index contributed by atoms with van der Waals surface area (Å²) in [6.45, 7) is 11.6. The number of hydrogen-bond acceptors (Lipinski definition) is 12. The van der Waals surface area contributed by atoms with Crippen molar-refractivity contribution in [2.24, 2.45) is 11.5 Å². The molecule has 0 bridgehead atoms. The van der Waals surface area contributed by atoms with Crippen molar-refractivity contribution in [3.8, 4) is 11.5 Å². The first kappa shape index (κ1) is 46.0. The predicted molar refractivity (Wildman–Crippen MR) is 246 cm³/mol. The molecule has 1 aliphatic rings. The van der Waals surface area contributed by atoms with E-state index in [0.29, 0.717) is 76.8 Å². The number of methoxy groups -OCH3 is 1. The van der Waals surface area contributed by atoms with Crippen molar-refractivity contribution >= 4 is 63.6 Å². The number of allylic oxidation sites excluding steroid dienone is 2. The second kappa shape index (κ2) is 20.2.